The Kier molecular flexibility index (Phi) is 2.20. The molecule has 108 valence electrons. The Morgan fingerprint density at radius 2 is 2.10 bits per heavy atom. The molecule has 2 heterocycles. The van der Waals surface area contributed by atoms with Crippen LogP contribution in [-0.2, 0) is 19.1 Å². The van der Waals surface area contributed by atoms with E-state index in [2.05, 4.69) is 6.08 Å². The van der Waals surface area contributed by atoms with Crippen LogP contribution in [0.3, 0.4) is 0 Å². The number of carbonyl (C=O) groups is 2. The van der Waals surface area contributed by atoms with Crippen LogP contribution in [0.25, 0.3) is 0 Å². The molecular weight excluding hydrogens is 260 g/mol. The van der Waals surface area contributed by atoms with Gasteiger partial charge in [-0.1, -0.05) is 19.9 Å². The lowest BCUT2D eigenvalue weighted by molar-refractivity contribution is -0.179. The molecule has 5 nitrogen and oxygen atoms in total. The number of allylic oxidation sites excluding steroid dienone is 1. The Morgan fingerprint density at radius 3 is 2.85 bits per heavy atom. The molecule has 1 saturated carbocycles. The minimum Gasteiger partial charge on any atom is -0.435 e. The van der Waals surface area contributed by atoms with Crippen LogP contribution in [0, 0.1) is 22.7 Å². The lowest BCUT2D eigenvalue weighted by Gasteiger charge is -2.53. The zero-order chi connectivity index (χ0) is 14.3. The topological polar surface area (TPSA) is 72.8 Å². The highest BCUT2D eigenvalue weighted by Crippen LogP contribution is 2.64. The molecule has 0 aromatic heterocycles. The summed E-state index contributed by atoms with van der Waals surface area (Å²) in [6.45, 7) is 4.21. The Labute approximate surface area is 116 Å². The van der Waals surface area contributed by atoms with E-state index >= 15 is 0 Å². The molecule has 2 aliphatic carbocycles. The molecule has 3 fully saturated rings. The summed E-state index contributed by atoms with van der Waals surface area (Å²) in [6.07, 6.45) is 1.15. The lowest BCUT2D eigenvalue weighted by atomic mass is 9.47. The van der Waals surface area contributed by atoms with E-state index in [0.29, 0.717) is 13.0 Å². The van der Waals surface area contributed by atoms with Crippen LogP contribution in [0.2, 0.25) is 0 Å². The Morgan fingerprint density at radius 1 is 1.35 bits per heavy atom. The van der Waals surface area contributed by atoms with Crippen molar-refractivity contribution < 1.29 is 24.2 Å². The molecule has 0 aromatic rings. The smallest absolute Gasteiger partial charge is 0.318 e. The van der Waals surface area contributed by atoms with E-state index in [1.807, 2.05) is 13.8 Å². The number of Topliss-reactive ketones (excluding diaryl/α,β-unsaturated/α-hetero) is 1. The summed E-state index contributed by atoms with van der Waals surface area (Å²) in [4.78, 5) is 24.8. The monoisotopic (exact) mass is 278 g/mol. The van der Waals surface area contributed by atoms with Gasteiger partial charge >= 0.3 is 5.97 Å². The molecule has 5 heteroatoms. The molecule has 0 radical (unpaired) electrons. The minimum atomic E-state index is -0.997. The lowest BCUT2D eigenvalue weighted by Crippen LogP contribution is -2.62. The number of hydrogen-bond acceptors (Lipinski definition) is 5. The summed E-state index contributed by atoms with van der Waals surface area (Å²) in [5.41, 5.74) is -0.582. The molecule has 0 unspecified atom stereocenters. The maximum absolute atomic E-state index is 12.6. The van der Waals surface area contributed by atoms with Crippen molar-refractivity contribution in [1.29, 1.82) is 0 Å². The van der Waals surface area contributed by atoms with Gasteiger partial charge < -0.3 is 14.6 Å². The van der Waals surface area contributed by atoms with Crippen LogP contribution in [0.15, 0.2) is 11.6 Å². The van der Waals surface area contributed by atoms with Gasteiger partial charge in [0.2, 0.25) is 6.29 Å². The van der Waals surface area contributed by atoms with Crippen LogP contribution in [0.5, 0.6) is 0 Å². The summed E-state index contributed by atoms with van der Waals surface area (Å²) in [7, 11) is 0. The Bertz CT molecular complexity index is 548. The van der Waals surface area contributed by atoms with Gasteiger partial charge in [0.15, 0.2) is 0 Å². The summed E-state index contributed by atoms with van der Waals surface area (Å²) in [5, 5.41) is 10.6. The molecule has 4 rings (SSSR count). The van der Waals surface area contributed by atoms with E-state index in [4.69, 9.17) is 9.47 Å². The van der Waals surface area contributed by atoms with Crippen molar-refractivity contribution in [2.75, 3.05) is 6.61 Å². The average Bonchev–Trinajstić information content (AvgIpc) is 2.91. The molecule has 1 spiro atoms. The summed E-state index contributed by atoms with van der Waals surface area (Å²) < 4.78 is 10.9. The molecule has 0 aromatic carbocycles. The highest BCUT2D eigenvalue weighted by Gasteiger charge is 2.73. The Hall–Kier alpha value is -1.20. The van der Waals surface area contributed by atoms with E-state index in [0.717, 1.165) is 5.57 Å². The Balaban J connectivity index is 1.94. The molecule has 0 amide bonds. The summed E-state index contributed by atoms with van der Waals surface area (Å²) in [5.74, 6) is -0.821. The second-order valence-electron chi connectivity index (χ2n) is 6.93. The van der Waals surface area contributed by atoms with Gasteiger partial charge in [0.25, 0.3) is 0 Å². The third kappa shape index (κ3) is 1.13. The highest BCUT2D eigenvalue weighted by molar-refractivity contribution is 5.92. The van der Waals surface area contributed by atoms with E-state index < -0.39 is 29.2 Å². The van der Waals surface area contributed by atoms with Gasteiger partial charge in [0.05, 0.1) is 18.6 Å². The summed E-state index contributed by atoms with van der Waals surface area (Å²) >= 11 is 0. The van der Waals surface area contributed by atoms with Crippen molar-refractivity contribution in [3.8, 4) is 0 Å². The number of esters is 1. The molecule has 0 bridgehead atoms. The molecule has 2 saturated heterocycles. The minimum absolute atomic E-state index is 0.0210. The van der Waals surface area contributed by atoms with Crippen molar-refractivity contribution in [3.63, 3.8) is 0 Å². The second-order valence-corrected chi connectivity index (χ2v) is 6.93. The number of aliphatic hydroxyl groups excluding tert-OH is 1. The molecule has 2 aliphatic heterocycles. The molecule has 20 heavy (non-hydrogen) atoms. The summed E-state index contributed by atoms with van der Waals surface area (Å²) in [6, 6.07) is 0. The maximum Gasteiger partial charge on any atom is 0.318 e. The average molecular weight is 278 g/mol. The fraction of sp³-hybridized carbons (Fsp3) is 0.733. The van der Waals surface area contributed by atoms with E-state index in [-0.39, 0.29) is 24.0 Å². The van der Waals surface area contributed by atoms with Gasteiger partial charge in [-0.15, -0.1) is 0 Å². The van der Waals surface area contributed by atoms with E-state index in [1.165, 1.54) is 0 Å². The zero-order valence-corrected chi connectivity index (χ0v) is 11.6. The van der Waals surface area contributed by atoms with Gasteiger partial charge in [0, 0.05) is 11.8 Å². The van der Waals surface area contributed by atoms with Crippen molar-refractivity contribution in [2.24, 2.45) is 22.7 Å². The normalized spacial score (nSPS) is 48.5. The number of rotatable bonds is 0. The van der Waals surface area contributed by atoms with Crippen LogP contribution < -0.4 is 0 Å². The largest absolute Gasteiger partial charge is 0.435 e. The molecule has 4 aliphatic rings. The van der Waals surface area contributed by atoms with Crippen molar-refractivity contribution in [1.82, 2.24) is 0 Å². The molecular formula is C15H18O5. The van der Waals surface area contributed by atoms with Gasteiger partial charge in [-0.25, -0.2) is 0 Å². The number of hydrogen-bond donors (Lipinski definition) is 1. The third-order valence-corrected chi connectivity index (χ3v) is 5.89. The zero-order valence-electron chi connectivity index (χ0n) is 11.6. The van der Waals surface area contributed by atoms with Crippen molar-refractivity contribution >= 4 is 11.8 Å². The number of aliphatic hydroxyl groups is 1. The van der Waals surface area contributed by atoms with Crippen LogP contribution in [-0.4, -0.2) is 35.9 Å². The van der Waals surface area contributed by atoms with Crippen LogP contribution in [0.1, 0.15) is 26.7 Å². The number of ether oxygens (including phenoxy) is 2. The van der Waals surface area contributed by atoms with Gasteiger partial charge in [-0.3, -0.25) is 9.59 Å². The van der Waals surface area contributed by atoms with E-state index in [1.54, 1.807) is 0 Å². The van der Waals surface area contributed by atoms with Crippen LogP contribution in [0.4, 0.5) is 0 Å². The van der Waals surface area contributed by atoms with Gasteiger partial charge in [-0.2, -0.15) is 0 Å². The first kappa shape index (κ1) is 12.5. The number of carbonyl (C=O) groups excluding carboxylic acids is 2. The predicted molar refractivity (Wildman–Crippen MR) is 67.4 cm³/mol. The molecule has 1 N–H and O–H groups in total. The first-order valence-electron chi connectivity index (χ1n) is 7.13. The first-order chi connectivity index (χ1) is 9.40. The van der Waals surface area contributed by atoms with Crippen LogP contribution >= 0.6 is 0 Å². The van der Waals surface area contributed by atoms with Gasteiger partial charge in [-0.05, 0) is 17.9 Å². The fourth-order valence-electron chi connectivity index (χ4n) is 4.79. The van der Waals surface area contributed by atoms with E-state index in [9.17, 15) is 14.7 Å². The maximum atomic E-state index is 12.6. The van der Waals surface area contributed by atoms with Crippen molar-refractivity contribution in [2.45, 2.75) is 39.1 Å². The molecule has 5 atom stereocenters. The standard InChI is InChI=1S/C15H18O5/c1-14(2)8-4-3-7-6-19-12-11(7)15(8,13(18)20-12)10(17)5-9(14)16/h3,8,10-12,17H,4-6H2,1-2H3/t8-,10+,11-,12-,15+/m1/s1. The van der Waals surface area contributed by atoms with Gasteiger partial charge in [0.1, 0.15) is 11.2 Å². The van der Waals surface area contributed by atoms with Crippen molar-refractivity contribution in [3.05, 3.63) is 11.6 Å². The highest BCUT2D eigenvalue weighted by atomic mass is 16.7. The SMILES string of the molecule is CC1(C)C(=O)C[C@H](O)[C@@]23C(=O)O[C@H]4OCC(=CC[C@H]12)[C@H]43. The second kappa shape index (κ2) is 3.52. The fourth-order valence-corrected chi connectivity index (χ4v) is 4.79. The third-order valence-electron chi connectivity index (χ3n) is 5.89. The first-order valence-corrected chi connectivity index (χ1v) is 7.13. The number of ketones is 1. The quantitative estimate of drug-likeness (QED) is 0.524. The predicted octanol–water partition coefficient (Wildman–Crippen LogP) is 0.808.